The average Bonchev–Trinajstić information content (AvgIpc) is 2.41. The molecule has 0 aliphatic heterocycles. The van der Waals surface area contributed by atoms with Crippen LogP contribution in [0.2, 0.25) is 5.02 Å². The lowest BCUT2D eigenvalue weighted by molar-refractivity contribution is 0.435. The Labute approximate surface area is 120 Å². The average molecular weight is 300 g/mol. The molecule has 0 heterocycles. The summed E-state index contributed by atoms with van der Waals surface area (Å²) in [5.41, 5.74) is 1.57. The van der Waals surface area contributed by atoms with E-state index in [-0.39, 0.29) is 5.56 Å². The topological polar surface area (TPSA) is 12.0 Å². The number of rotatable bonds is 3. The van der Waals surface area contributed by atoms with Gasteiger partial charge in [-0.3, -0.25) is 0 Å². The minimum atomic E-state index is -1.48. The maximum Gasteiger partial charge on any atom is 0.194 e. The fourth-order valence-corrected chi connectivity index (χ4v) is 2.45. The predicted octanol–water partition coefficient (Wildman–Crippen LogP) is 4.37. The minimum Gasteiger partial charge on any atom is -0.309 e. The van der Waals surface area contributed by atoms with Gasteiger partial charge < -0.3 is 5.32 Å². The summed E-state index contributed by atoms with van der Waals surface area (Å²) < 4.78 is 40.3. The van der Waals surface area contributed by atoms with Gasteiger partial charge in [0.25, 0.3) is 0 Å². The molecule has 5 heteroatoms. The number of halogens is 4. The largest absolute Gasteiger partial charge is 0.309 e. The Bertz CT molecular complexity index is 643. The molecule has 106 valence electrons. The van der Waals surface area contributed by atoms with Crippen LogP contribution in [0.5, 0.6) is 0 Å². The first-order valence-electron chi connectivity index (χ1n) is 6.02. The van der Waals surface area contributed by atoms with E-state index in [1.54, 1.807) is 19.2 Å². The van der Waals surface area contributed by atoms with Gasteiger partial charge in [0, 0.05) is 10.6 Å². The zero-order valence-electron chi connectivity index (χ0n) is 11.0. The zero-order chi connectivity index (χ0) is 14.9. The van der Waals surface area contributed by atoms with Gasteiger partial charge in [-0.15, -0.1) is 0 Å². The Morgan fingerprint density at radius 3 is 2.25 bits per heavy atom. The highest BCUT2D eigenvalue weighted by Crippen LogP contribution is 2.31. The van der Waals surface area contributed by atoms with Crippen LogP contribution in [0, 0.1) is 24.4 Å². The lowest BCUT2D eigenvalue weighted by atomic mass is 9.97. The Morgan fingerprint density at radius 2 is 1.65 bits per heavy atom. The van der Waals surface area contributed by atoms with E-state index < -0.39 is 23.5 Å². The second-order valence-electron chi connectivity index (χ2n) is 4.51. The molecule has 2 aromatic carbocycles. The molecule has 0 spiro atoms. The summed E-state index contributed by atoms with van der Waals surface area (Å²) in [4.78, 5) is 0. The molecule has 20 heavy (non-hydrogen) atoms. The molecule has 0 aliphatic rings. The van der Waals surface area contributed by atoms with Gasteiger partial charge in [0.05, 0.1) is 6.04 Å². The van der Waals surface area contributed by atoms with E-state index in [0.29, 0.717) is 10.6 Å². The van der Waals surface area contributed by atoms with Gasteiger partial charge >= 0.3 is 0 Å². The fraction of sp³-hybridized carbons (Fsp3) is 0.200. The zero-order valence-corrected chi connectivity index (χ0v) is 11.7. The minimum absolute atomic E-state index is 0.0113. The number of hydrogen-bond acceptors (Lipinski definition) is 1. The van der Waals surface area contributed by atoms with Crippen molar-refractivity contribution in [2.75, 3.05) is 7.05 Å². The van der Waals surface area contributed by atoms with E-state index in [4.69, 9.17) is 11.6 Å². The van der Waals surface area contributed by atoms with Crippen LogP contribution in [0.1, 0.15) is 22.7 Å². The van der Waals surface area contributed by atoms with Crippen molar-refractivity contribution in [3.05, 3.63) is 69.5 Å². The summed E-state index contributed by atoms with van der Waals surface area (Å²) >= 11 is 6.15. The molecule has 0 radical (unpaired) electrons. The molecule has 0 aromatic heterocycles. The fourth-order valence-electron chi connectivity index (χ4n) is 2.11. The predicted molar refractivity (Wildman–Crippen MR) is 73.4 cm³/mol. The van der Waals surface area contributed by atoms with Crippen molar-refractivity contribution in [3.8, 4) is 0 Å². The van der Waals surface area contributed by atoms with Gasteiger partial charge in [0.1, 0.15) is 0 Å². The maximum absolute atomic E-state index is 13.9. The quantitative estimate of drug-likeness (QED) is 0.830. The maximum atomic E-state index is 13.9. The summed E-state index contributed by atoms with van der Waals surface area (Å²) in [6, 6.07) is 6.76. The summed E-state index contributed by atoms with van der Waals surface area (Å²) in [5, 5.41) is 3.31. The van der Waals surface area contributed by atoms with E-state index in [1.807, 2.05) is 13.0 Å². The first-order valence-corrected chi connectivity index (χ1v) is 6.40. The Hall–Kier alpha value is -1.52. The van der Waals surface area contributed by atoms with Crippen LogP contribution in [0.25, 0.3) is 0 Å². The summed E-state index contributed by atoms with van der Waals surface area (Å²) in [7, 11) is 1.60. The van der Waals surface area contributed by atoms with Crippen LogP contribution in [-0.4, -0.2) is 7.05 Å². The molecule has 1 unspecified atom stereocenters. The van der Waals surface area contributed by atoms with Crippen LogP contribution in [0.4, 0.5) is 13.2 Å². The van der Waals surface area contributed by atoms with Crippen LogP contribution >= 0.6 is 11.6 Å². The molecule has 0 amide bonds. The van der Waals surface area contributed by atoms with E-state index in [0.717, 1.165) is 11.6 Å². The normalized spacial score (nSPS) is 12.5. The Morgan fingerprint density at radius 1 is 1.00 bits per heavy atom. The highest BCUT2D eigenvalue weighted by molar-refractivity contribution is 6.31. The number of benzene rings is 2. The van der Waals surface area contributed by atoms with Crippen LogP contribution in [-0.2, 0) is 0 Å². The molecule has 1 atom stereocenters. The van der Waals surface area contributed by atoms with E-state index in [9.17, 15) is 13.2 Å². The van der Waals surface area contributed by atoms with Gasteiger partial charge in [-0.2, -0.15) is 0 Å². The summed E-state index contributed by atoms with van der Waals surface area (Å²) in [6.45, 7) is 1.88. The number of aryl methyl sites for hydroxylation is 1. The second-order valence-corrected chi connectivity index (χ2v) is 4.92. The van der Waals surface area contributed by atoms with Gasteiger partial charge in [-0.05, 0) is 37.2 Å². The first-order chi connectivity index (χ1) is 9.45. The van der Waals surface area contributed by atoms with E-state index in [2.05, 4.69) is 5.32 Å². The van der Waals surface area contributed by atoms with Gasteiger partial charge in [-0.25, -0.2) is 13.2 Å². The molecule has 1 nitrogen and oxygen atoms in total. The van der Waals surface area contributed by atoms with Crippen molar-refractivity contribution >= 4 is 11.6 Å². The Balaban J connectivity index is 2.55. The SMILES string of the molecule is CNC(c1ccc(C)cc1Cl)c1ccc(F)c(F)c1F. The van der Waals surface area contributed by atoms with Crippen LogP contribution in [0.3, 0.4) is 0 Å². The molecule has 2 rings (SSSR count). The molecule has 2 aromatic rings. The van der Waals surface area contributed by atoms with E-state index >= 15 is 0 Å². The Kier molecular flexibility index (Phi) is 4.35. The van der Waals surface area contributed by atoms with Crippen LogP contribution in [0.15, 0.2) is 30.3 Å². The lowest BCUT2D eigenvalue weighted by Gasteiger charge is -2.19. The van der Waals surface area contributed by atoms with Crippen molar-refractivity contribution in [3.63, 3.8) is 0 Å². The molecule has 0 bridgehead atoms. The van der Waals surface area contributed by atoms with Gasteiger partial charge in [0.15, 0.2) is 17.5 Å². The van der Waals surface area contributed by atoms with Crippen molar-refractivity contribution in [2.45, 2.75) is 13.0 Å². The highest BCUT2D eigenvalue weighted by atomic mass is 35.5. The lowest BCUT2D eigenvalue weighted by Crippen LogP contribution is -2.20. The van der Waals surface area contributed by atoms with Crippen molar-refractivity contribution in [1.29, 1.82) is 0 Å². The third-order valence-corrected chi connectivity index (χ3v) is 3.46. The molecule has 0 saturated heterocycles. The smallest absolute Gasteiger partial charge is 0.194 e. The van der Waals surface area contributed by atoms with Gasteiger partial charge in [0.2, 0.25) is 0 Å². The standard InChI is InChI=1S/C15H13ClF3N/c1-8-3-4-9(11(16)7-8)15(20-2)10-5-6-12(17)14(19)13(10)18/h3-7,15,20H,1-2H3. The van der Waals surface area contributed by atoms with Crippen molar-refractivity contribution in [1.82, 2.24) is 5.32 Å². The molecular weight excluding hydrogens is 287 g/mol. The number of hydrogen-bond donors (Lipinski definition) is 1. The van der Waals surface area contributed by atoms with Crippen molar-refractivity contribution in [2.24, 2.45) is 0 Å². The second kappa shape index (κ2) is 5.85. The van der Waals surface area contributed by atoms with Crippen LogP contribution < -0.4 is 5.32 Å². The summed E-state index contributed by atoms with van der Waals surface area (Å²) in [5.74, 6) is -3.90. The molecular formula is C15H13ClF3N. The molecule has 0 aliphatic carbocycles. The summed E-state index contributed by atoms with van der Waals surface area (Å²) in [6.07, 6.45) is 0. The molecule has 0 fully saturated rings. The highest BCUT2D eigenvalue weighted by Gasteiger charge is 2.22. The van der Waals surface area contributed by atoms with Crippen molar-refractivity contribution < 1.29 is 13.2 Å². The molecule has 1 N–H and O–H groups in total. The molecule has 0 saturated carbocycles. The first kappa shape index (κ1) is 14.9. The van der Waals surface area contributed by atoms with E-state index in [1.165, 1.54) is 6.07 Å². The van der Waals surface area contributed by atoms with Gasteiger partial charge in [-0.1, -0.05) is 29.8 Å². The third kappa shape index (κ3) is 2.67. The third-order valence-electron chi connectivity index (χ3n) is 3.13. The number of nitrogens with one attached hydrogen (secondary N) is 1. The monoisotopic (exact) mass is 299 g/mol.